The fourth-order valence-electron chi connectivity index (χ4n) is 2.61. The quantitative estimate of drug-likeness (QED) is 0.921. The molecule has 0 saturated carbocycles. The average molecular weight is 262 g/mol. The zero-order valence-electron chi connectivity index (χ0n) is 9.97. The predicted octanol–water partition coefficient (Wildman–Crippen LogP) is 2.95. The summed E-state index contributed by atoms with van der Waals surface area (Å²) in [5.74, 6) is -0.179. The van der Waals surface area contributed by atoms with Gasteiger partial charge in [0, 0.05) is 18.8 Å². The minimum atomic E-state index is -0.179. The Balaban J connectivity index is 1.97. The monoisotopic (exact) mass is 262 g/mol. The van der Waals surface area contributed by atoms with E-state index in [0.29, 0.717) is 6.54 Å². The first-order valence-corrected chi connectivity index (χ1v) is 7.01. The molecule has 1 aromatic carbocycles. The summed E-state index contributed by atoms with van der Waals surface area (Å²) in [5, 5.41) is 4.18. The van der Waals surface area contributed by atoms with Crippen LogP contribution in [-0.4, -0.2) is 13.1 Å². The van der Waals surface area contributed by atoms with Crippen LogP contribution < -0.4 is 10.6 Å². The van der Waals surface area contributed by atoms with Gasteiger partial charge < -0.3 is 10.6 Å². The van der Waals surface area contributed by atoms with Gasteiger partial charge in [0.15, 0.2) is 0 Å². The fraction of sp³-hybridized carbons (Fsp3) is 0.286. The molecule has 1 atom stereocenters. The predicted molar refractivity (Wildman–Crippen MR) is 73.6 cm³/mol. The second kappa shape index (κ2) is 4.71. The first-order valence-electron chi connectivity index (χ1n) is 6.07. The van der Waals surface area contributed by atoms with Gasteiger partial charge >= 0.3 is 0 Å². The van der Waals surface area contributed by atoms with Gasteiger partial charge in [-0.1, -0.05) is 6.07 Å². The third-order valence-electron chi connectivity index (χ3n) is 3.51. The van der Waals surface area contributed by atoms with Gasteiger partial charge in [-0.25, -0.2) is 4.39 Å². The Morgan fingerprint density at radius 3 is 3.00 bits per heavy atom. The Bertz CT molecular complexity index is 539. The van der Waals surface area contributed by atoms with E-state index in [1.165, 1.54) is 17.2 Å². The van der Waals surface area contributed by atoms with Crippen LogP contribution in [0.15, 0.2) is 35.0 Å². The minimum Gasteiger partial charge on any atom is -0.363 e. The number of thiophene rings is 1. The van der Waals surface area contributed by atoms with Crippen molar-refractivity contribution in [3.8, 4) is 0 Å². The van der Waals surface area contributed by atoms with E-state index in [1.54, 1.807) is 17.4 Å². The largest absolute Gasteiger partial charge is 0.363 e. The number of anilines is 1. The molecule has 4 heteroatoms. The number of hydrogen-bond acceptors (Lipinski definition) is 3. The molecule has 94 valence electrons. The Labute approximate surface area is 110 Å². The molecule has 2 heterocycles. The van der Waals surface area contributed by atoms with Crippen LogP contribution in [-0.2, 0) is 6.42 Å². The number of nitrogens with two attached hydrogens (primary N) is 1. The lowest BCUT2D eigenvalue weighted by Crippen LogP contribution is -2.32. The summed E-state index contributed by atoms with van der Waals surface area (Å²) in [5.41, 5.74) is 9.34. The van der Waals surface area contributed by atoms with Crippen molar-refractivity contribution in [2.45, 2.75) is 12.5 Å². The molecule has 0 radical (unpaired) electrons. The molecule has 2 aromatic rings. The Morgan fingerprint density at radius 1 is 1.39 bits per heavy atom. The summed E-state index contributed by atoms with van der Waals surface area (Å²) in [6.45, 7) is 1.46. The van der Waals surface area contributed by atoms with E-state index < -0.39 is 0 Å². The number of fused-ring (bicyclic) bond motifs is 1. The van der Waals surface area contributed by atoms with Crippen molar-refractivity contribution in [3.63, 3.8) is 0 Å². The first kappa shape index (κ1) is 11.7. The van der Waals surface area contributed by atoms with Crippen LogP contribution in [0.4, 0.5) is 10.1 Å². The van der Waals surface area contributed by atoms with Crippen LogP contribution in [0.25, 0.3) is 0 Å². The lowest BCUT2D eigenvalue weighted by Gasteiger charge is -2.29. The van der Waals surface area contributed by atoms with Crippen molar-refractivity contribution in [2.75, 3.05) is 18.0 Å². The Kier molecular flexibility index (Phi) is 3.06. The molecule has 0 amide bonds. The minimum absolute atomic E-state index is 0.152. The molecule has 0 bridgehead atoms. The van der Waals surface area contributed by atoms with Crippen molar-refractivity contribution in [1.82, 2.24) is 0 Å². The number of halogens is 1. The van der Waals surface area contributed by atoms with Crippen LogP contribution in [0.5, 0.6) is 0 Å². The van der Waals surface area contributed by atoms with E-state index in [2.05, 4.69) is 21.7 Å². The van der Waals surface area contributed by atoms with Crippen LogP contribution in [0.2, 0.25) is 0 Å². The lowest BCUT2D eigenvalue weighted by atomic mass is 10.1. The highest BCUT2D eigenvalue weighted by atomic mass is 32.1. The highest BCUT2D eigenvalue weighted by molar-refractivity contribution is 7.08. The summed E-state index contributed by atoms with van der Waals surface area (Å²) in [4.78, 5) is 2.22. The van der Waals surface area contributed by atoms with Crippen molar-refractivity contribution < 1.29 is 4.39 Å². The number of benzene rings is 1. The molecule has 1 aliphatic heterocycles. The second-order valence-electron chi connectivity index (χ2n) is 4.52. The van der Waals surface area contributed by atoms with Gasteiger partial charge in [-0.2, -0.15) is 11.3 Å². The summed E-state index contributed by atoms with van der Waals surface area (Å²) >= 11 is 1.67. The molecule has 0 aliphatic carbocycles. The third kappa shape index (κ3) is 1.91. The van der Waals surface area contributed by atoms with Crippen molar-refractivity contribution in [3.05, 3.63) is 52.0 Å². The molecule has 18 heavy (non-hydrogen) atoms. The summed E-state index contributed by atoms with van der Waals surface area (Å²) < 4.78 is 13.4. The van der Waals surface area contributed by atoms with E-state index in [0.717, 1.165) is 18.7 Å². The standard InChI is InChI=1S/C14H15FN2S/c15-12-2-1-10-3-5-17(13(10)7-12)14(8-16)11-4-6-18-9-11/h1-2,4,6-7,9,14H,3,5,8,16H2. The first-order chi connectivity index (χ1) is 8.79. The SMILES string of the molecule is NCC(c1ccsc1)N1CCc2ccc(F)cc21. The number of rotatable bonds is 3. The van der Waals surface area contributed by atoms with Crippen LogP contribution >= 0.6 is 11.3 Å². The molecule has 0 saturated heterocycles. The zero-order valence-corrected chi connectivity index (χ0v) is 10.8. The number of nitrogens with zero attached hydrogens (tertiary/aromatic N) is 1. The molecule has 2 N–H and O–H groups in total. The maximum absolute atomic E-state index is 13.4. The molecule has 1 unspecified atom stereocenters. The van der Waals surface area contributed by atoms with Crippen molar-refractivity contribution in [1.29, 1.82) is 0 Å². The van der Waals surface area contributed by atoms with Gasteiger partial charge in [0.1, 0.15) is 5.82 Å². The third-order valence-corrected chi connectivity index (χ3v) is 4.21. The second-order valence-corrected chi connectivity index (χ2v) is 5.30. The fourth-order valence-corrected chi connectivity index (χ4v) is 3.32. The Hall–Kier alpha value is -1.39. The smallest absolute Gasteiger partial charge is 0.125 e. The molecule has 2 nitrogen and oxygen atoms in total. The maximum atomic E-state index is 13.4. The summed E-state index contributed by atoms with van der Waals surface area (Å²) in [7, 11) is 0. The van der Waals surface area contributed by atoms with Gasteiger partial charge in [0.25, 0.3) is 0 Å². The molecular weight excluding hydrogens is 247 g/mol. The van der Waals surface area contributed by atoms with Gasteiger partial charge in [0.05, 0.1) is 6.04 Å². The normalized spacial score (nSPS) is 15.8. The molecular formula is C14H15FN2S. The van der Waals surface area contributed by atoms with Gasteiger partial charge in [-0.3, -0.25) is 0 Å². The average Bonchev–Trinajstić information content (AvgIpc) is 3.01. The molecule has 0 fully saturated rings. The molecule has 1 aliphatic rings. The zero-order chi connectivity index (χ0) is 12.5. The van der Waals surface area contributed by atoms with E-state index in [1.807, 2.05) is 6.07 Å². The van der Waals surface area contributed by atoms with Crippen LogP contribution in [0, 0.1) is 5.82 Å². The van der Waals surface area contributed by atoms with Gasteiger partial charge in [0.2, 0.25) is 0 Å². The van der Waals surface area contributed by atoms with E-state index in [9.17, 15) is 4.39 Å². The Morgan fingerprint density at radius 2 is 2.28 bits per heavy atom. The molecule has 0 spiro atoms. The van der Waals surface area contributed by atoms with Gasteiger partial charge in [-0.15, -0.1) is 0 Å². The highest BCUT2D eigenvalue weighted by Crippen LogP contribution is 2.35. The molecule has 1 aromatic heterocycles. The topological polar surface area (TPSA) is 29.3 Å². The van der Waals surface area contributed by atoms with Gasteiger partial charge in [-0.05, 0) is 46.5 Å². The van der Waals surface area contributed by atoms with Crippen molar-refractivity contribution in [2.24, 2.45) is 5.73 Å². The van der Waals surface area contributed by atoms with Crippen LogP contribution in [0.3, 0.4) is 0 Å². The van der Waals surface area contributed by atoms with E-state index >= 15 is 0 Å². The maximum Gasteiger partial charge on any atom is 0.125 e. The van der Waals surface area contributed by atoms with Crippen LogP contribution in [0.1, 0.15) is 17.2 Å². The lowest BCUT2D eigenvalue weighted by molar-refractivity contribution is 0.622. The van der Waals surface area contributed by atoms with E-state index in [-0.39, 0.29) is 11.9 Å². The van der Waals surface area contributed by atoms with E-state index in [4.69, 9.17) is 5.73 Å². The molecule has 3 rings (SSSR count). The summed E-state index contributed by atoms with van der Waals surface area (Å²) in [6, 6.07) is 7.28. The highest BCUT2D eigenvalue weighted by Gasteiger charge is 2.26. The number of hydrogen-bond donors (Lipinski definition) is 1. The van der Waals surface area contributed by atoms with Crippen molar-refractivity contribution >= 4 is 17.0 Å². The summed E-state index contributed by atoms with van der Waals surface area (Å²) in [6.07, 6.45) is 0.969.